The number of benzene rings is 1. The van der Waals surface area contributed by atoms with Crippen LogP contribution >= 0.6 is 15.9 Å². The van der Waals surface area contributed by atoms with Crippen LogP contribution in [0.25, 0.3) is 0 Å². The van der Waals surface area contributed by atoms with Crippen LogP contribution in [0.5, 0.6) is 5.75 Å². The van der Waals surface area contributed by atoms with E-state index in [0.29, 0.717) is 5.75 Å². The van der Waals surface area contributed by atoms with Crippen molar-refractivity contribution in [3.05, 3.63) is 28.7 Å². The van der Waals surface area contributed by atoms with Crippen molar-refractivity contribution in [3.8, 4) is 5.75 Å². The molecule has 0 aromatic heterocycles. The van der Waals surface area contributed by atoms with Crippen molar-refractivity contribution >= 4 is 27.9 Å². The monoisotopic (exact) mass is 356 g/mol. The molecule has 1 fully saturated rings. The van der Waals surface area contributed by atoms with Gasteiger partial charge in [-0.05, 0) is 38.1 Å². The van der Waals surface area contributed by atoms with Gasteiger partial charge in [0.15, 0.2) is 0 Å². The number of amides is 3. The van der Waals surface area contributed by atoms with Gasteiger partial charge in [0.25, 0.3) is 5.91 Å². The number of ether oxygens (including phenoxy) is 1. The summed E-state index contributed by atoms with van der Waals surface area (Å²) in [5.74, 6) is 0.255. The van der Waals surface area contributed by atoms with E-state index in [1.165, 1.54) is 0 Å². The third kappa shape index (κ3) is 3.74. The maximum absolute atomic E-state index is 12.0. The average Bonchev–Trinajstić information content (AvgIpc) is 2.60. The van der Waals surface area contributed by atoms with Crippen LogP contribution in [-0.2, 0) is 4.79 Å². The van der Waals surface area contributed by atoms with Crippen LogP contribution in [0.2, 0.25) is 0 Å². The Balaban J connectivity index is 1.87. The number of aliphatic hydroxyl groups excluding tert-OH is 1. The third-order valence-corrected chi connectivity index (χ3v) is 3.62. The minimum atomic E-state index is -0.947. The molecule has 1 aliphatic rings. The fraction of sp³-hybridized carbons (Fsp3) is 0.429. The van der Waals surface area contributed by atoms with Crippen molar-refractivity contribution in [2.24, 2.45) is 0 Å². The number of nitrogens with zero attached hydrogens (tertiary/aromatic N) is 1. The molecule has 21 heavy (non-hydrogen) atoms. The fourth-order valence-corrected chi connectivity index (χ4v) is 2.23. The molecule has 0 saturated carbocycles. The Labute approximate surface area is 131 Å². The van der Waals surface area contributed by atoms with Gasteiger partial charge in [-0.1, -0.05) is 15.9 Å². The average molecular weight is 357 g/mol. The Morgan fingerprint density at radius 3 is 2.48 bits per heavy atom. The highest BCUT2D eigenvalue weighted by Crippen LogP contribution is 2.18. The zero-order valence-electron chi connectivity index (χ0n) is 11.8. The molecule has 6 nitrogen and oxygen atoms in total. The van der Waals surface area contributed by atoms with Gasteiger partial charge in [0.05, 0.1) is 6.54 Å². The maximum atomic E-state index is 12.0. The molecule has 114 valence electrons. The zero-order chi connectivity index (χ0) is 15.6. The number of rotatable bonds is 5. The lowest BCUT2D eigenvalue weighted by atomic mass is 10.1. The molecular weight excluding hydrogens is 340 g/mol. The van der Waals surface area contributed by atoms with Gasteiger partial charge in [0, 0.05) is 4.47 Å². The number of hydrogen-bond donors (Lipinski definition) is 2. The van der Waals surface area contributed by atoms with Gasteiger partial charge in [-0.3, -0.25) is 9.69 Å². The Bertz CT molecular complexity index is 544. The number of hydrogen-bond acceptors (Lipinski definition) is 4. The van der Waals surface area contributed by atoms with Crippen LogP contribution in [0.3, 0.4) is 0 Å². The molecule has 1 heterocycles. The highest BCUT2D eigenvalue weighted by molar-refractivity contribution is 9.10. The molecule has 1 atom stereocenters. The second-order valence-corrected chi connectivity index (χ2v) is 6.31. The zero-order valence-corrected chi connectivity index (χ0v) is 13.4. The highest BCUT2D eigenvalue weighted by Gasteiger charge is 2.44. The number of β-amino-alcohol motifs (C(OH)–C–C–N with tert-alkyl or cyclic N) is 1. The van der Waals surface area contributed by atoms with Gasteiger partial charge in [-0.15, -0.1) is 0 Å². The third-order valence-electron chi connectivity index (χ3n) is 3.09. The van der Waals surface area contributed by atoms with E-state index in [4.69, 9.17) is 4.74 Å². The summed E-state index contributed by atoms with van der Waals surface area (Å²) in [7, 11) is 0. The van der Waals surface area contributed by atoms with Crippen LogP contribution in [-0.4, -0.2) is 46.7 Å². The Morgan fingerprint density at radius 1 is 1.33 bits per heavy atom. The summed E-state index contributed by atoms with van der Waals surface area (Å²) in [6, 6.07) is 6.66. The van der Waals surface area contributed by atoms with E-state index in [0.717, 1.165) is 9.37 Å². The second kappa shape index (κ2) is 6.03. The van der Waals surface area contributed by atoms with E-state index in [-0.39, 0.29) is 19.1 Å². The van der Waals surface area contributed by atoms with Crippen LogP contribution < -0.4 is 10.1 Å². The molecule has 1 aliphatic heterocycles. The Hall–Kier alpha value is -1.60. The Kier molecular flexibility index (Phi) is 4.53. The van der Waals surface area contributed by atoms with Gasteiger partial charge in [0.1, 0.15) is 24.0 Å². The summed E-state index contributed by atoms with van der Waals surface area (Å²) in [5.41, 5.74) is -0.927. The summed E-state index contributed by atoms with van der Waals surface area (Å²) < 4.78 is 6.34. The highest BCUT2D eigenvalue weighted by atomic mass is 79.9. The molecule has 3 amide bonds. The van der Waals surface area contributed by atoms with E-state index in [9.17, 15) is 14.7 Å². The summed E-state index contributed by atoms with van der Waals surface area (Å²) in [4.78, 5) is 24.7. The molecule has 0 radical (unpaired) electrons. The predicted octanol–water partition coefficient (Wildman–Crippen LogP) is 1.52. The minimum Gasteiger partial charge on any atom is -0.491 e. The van der Waals surface area contributed by atoms with Crippen molar-refractivity contribution in [3.63, 3.8) is 0 Å². The number of halogens is 1. The summed E-state index contributed by atoms with van der Waals surface area (Å²) >= 11 is 3.31. The van der Waals surface area contributed by atoms with Gasteiger partial charge in [-0.2, -0.15) is 0 Å². The molecule has 2 N–H and O–H groups in total. The molecule has 1 saturated heterocycles. The van der Waals surface area contributed by atoms with Crippen LogP contribution in [0.1, 0.15) is 13.8 Å². The smallest absolute Gasteiger partial charge is 0.325 e. The first kappa shape index (κ1) is 15.8. The number of urea groups is 1. The topological polar surface area (TPSA) is 78.9 Å². The Morgan fingerprint density at radius 2 is 1.95 bits per heavy atom. The molecule has 1 aromatic carbocycles. The quantitative estimate of drug-likeness (QED) is 0.784. The molecular formula is C14H17BrN2O4. The molecule has 0 spiro atoms. The lowest BCUT2D eigenvalue weighted by Crippen LogP contribution is -2.42. The molecule has 7 heteroatoms. The van der Waals surface area contributed by atoms with Crippen molar-refractivity contribution in [2.45, 2.75) is 25.5 Å². The maximum Gasteiger partial charge on any atom is 0.325 e. The van der Waals surface area contributed by atoms with Crippen molar-refractivity contribution in [2.75, 3.05) is 13.2 Å². The van der Waals surface area contributed by atoms with E-state index in [1.54, 1.807) is 26.0 Å². The first-order valence-electron chi connectivity index (χ1n) is 6.50. The number of carbonyl (C=O) groups is 2. The van der Waals surface area contributed by atoms with Crippen molar-refractivity contribution in [1.29, 1.82) is 0 Å². The normalized spacial score (nSPS) is 18.6. The molecule has 0 bridgehead atoms. The minimum absolute atomic E-state index is 0.000872. The fourth-order valence-electron chi connectivity index (χ4n) is 1.97. The molecule has 2 rings (SSSR count). The number of imide groups is 1. The molecule has 1 aromatic rings. The summed E-state index contributed by atoms with van der Waals surface area (Å²) in [6.45, 7) is 3.15. The molecule has 0 unspecified atom stereocenters. The van der Waals surface area contributed by atoms with E-state index in [1.807, 2.05) is 12.1 Å². The predicted molar refractivity (Wildman–Crippen MR) is 80.0 cm³/mol. The molecule has 0 aliphatic carbocycles. The van der Waals surface area contributed by atoms with Crippen molar-refractivity contribution in [1.82, 2.24) is 10.2 Å². The van der Waals surface area contributed by atoms with Crippen molar-refractivity contribution < 1.29 is 19.4 Å². The summed E-state index contributed by atoms with van der Waals surface area (Å²) in [6.07, 6.45) is -0.947. The number of carbonyl (C=O) groups excluding carboxylic acids is 2. The summed E-state index contributed by atoms with van der Waals surface area (Å²) in [5, 5.41) is 12.5. The first-order valence-corrected chi connectivity index (χ1v) is 7.29. The van der Waals surface area contributed by atoms with E-state index < -0.39 is 17.7 Å². The standard InChI is InChI=1S/C14H17BrN2O4/c1-14(2)12(19)17(13(20)16-14)7-10(18)8-21-11-5-3-9(15)4-6-11/h3-6,10,18H,7-8H2,1-2H3,(H,16,20)/t10-/m1/s1. The van der Waals surface area contributed by atoms with Crippen LogP contribution in [0, 0.1) is 0 Å². The van der Waals surface area contributed by atoms with Crippen LogP contribution in [0.15, 0.2) is 28.7 Å². The second-order valence-electron chi connectivity index (χ2n) is 5.39. The lowest BCUT2D eigenvalue weighted by molar-refractivity contribution is -0.131. The first-order chi connectivity index (χ1) is 9.79. The van der Waals surface area contributed by atoms with E-state index >= 15 is 0 Å². The van der Waals surface area contributed by atoms with Gasteiger partial charge < -0.3 is 15.2 Å². The largest absolute Gasteiger partial charge is 0.491 e. The van der Waals surface area contributed by atoms with Gasteiger partial charge in [-0.25, -0.2) is 4.79 Å². The van der Waals surface area contributed by atoms with E-state index in [2.05, 4.69) is 21.2 Å². The number of nitrogens with one attached hydrogen (secondary N) is 1. The lowest BCUT2D eigenvalue weighted by Gasteiger charge is -2.19. The van der Waals surface area contributed by atoms with Gasteiger partial charge >= 0.3 is 6.03 Å². The van der Waals surface area contributed by atoms with Gasteiger partial charge in [0.2, 0.25) is 0 Å². The SMILES string of the molecule is CC1(C)NC(=O)N(C[C@@H](O)COc2ccc(Br)cc2)C1=O. The van der Waals surface area contributed by atoms with Crippen LogP contribution in [0.4, 0.5) is 4.79 Å². The number of aliphatic hydroxyl groups is 1.